The summed E-state index contributed by atoms with van der Waals surface area (Å²) in [5, 5.41) is 2.49. The number of esters is 1. The lowest BCUT2D eigenvalue weighted by Gasteiger charge is -2.08. The zero-order valence-electron chi connectivity index (χ0n) is 15.5. The van der Waals surface area contributed by atoms with E-state index in [-0.39, 0.29) is 25.2 Å². The highest BCUT2D eigenvalue weighted by molar-refractivity contribution is 5.98. The predicted octanol–water partition coefficient (Wildman–Crippen LogP) is 3.14. The van der Waals surface area contributed by atoms with Crippen LogP contribution >= 0.6 is 0 Å². The molecule has 2 aromatic rings. The Morgan fingerprint density at radius 2 is 1.79 bits per heavy atom. The van der Waals surface area contributed by atoms with Crippen molar-refractivity contribution >= 4 is 17.7 Å². The van der Waals surface area contributed by atoms with Crippen molar-refractivity contribution in [3.63, 3.8) is 0 Å². The average Bonchev–Trinajstić information content (AvgIpc) is 3.17. The molecule has 0 fully saturated rings. The number of fused-ring (bicyclic) bond motifs is 1. The third kappa shape index (κ3) is 5.25. The standard InChI is InChI=1S/C22H22FNO4/c23-19-7-2-1-4-18(19)13-24-21(26)14-28-22(27)11-10-20(25)17-9-8-15-5-3-6-16(15)12-17/h1-2,4,7-9,12H,3,5-6,10-11,13-14H2,(H,24,26). The largest absolute Gasteiger partial charge is 0.456 e. The Balaban J connectivity index is 1.37. The molecule has 0 saturated carbocycles. The molecule has 2 aromatic carbocycles. The highest BCUT2D eigenvalue weighted by atomic mass is 19.1. The SMILES string of the molecule is O=C(COC(=O)CCC(=O)c1ccc2c(c1)CCC2)NCc1ccccc1F. The number of hydrogen-bond acceptors (Lipinski definition) is 4. The van der Waals surface area contributed by atoms with Crippen molar-refractivity contribution in [2.75, 3.05) is 6.61 Å². The number of hydrogen-bond donors (Lipinski definition) is 1. The Kier molecular flexibility index (Phi) is 6.53. The Labute approximate surface area is 162 Å². The number of Topliss-reactive ketones (excluding diaryl/α,β-unsaturated/α-hetero) is 1. The van der Waals surface area contributed by atoms with E-state index in [1.54, 1.807) is 24.3 Å². The van der Waals surface area contributed by atoms with Gasteiger partial charge in [-0.3, -0.25) is 14.4 Å². The van der Waals surface area contributed by atoms with E-state index >= 15 is 0 Å². The van der Waals surface area contributed by atoms with Crippen LogP contribution in [0.25, 0.3) is 0 Å². The number of halogens is 1. The highest BCUT2D eigenvalue weighted by Crippen LogP contribution is 2.23. The molecule has 28 heavy (non-hydrogen) atoms. The van der Waals surface area contributed by atoms with Crippen molar-refractivity contribution in [3.8, 4) is 0 Å². The van der Waals surface area contributed by atoms with Crippen LogP contribution in [0.1, 0.15) is 46.3 Å². The maximum Gasteiger partial charge on any atom is 0.306 e. The van der Waals surface area contributed by atoms with Gasteiger partial charge in [-0.25, -0.2) is 4.39 Å². The second kappa shape index (κ2) is 9.26. The molecule has 0 unspecified atom stereocenters. The first kappa shape index (κ1) is 19.7. The summed E-state index contributed by atoms with van der Waals surface area (Å²) < 4.78 is 18.4. The van der Waals surface area contributed by atoms with Gasteiger partial charge in [0.1, 0.15) is 5.82 Å². The van der Waals surface area contributed by atoms with Crippen LogP contribution in [-0.2, 0) is 33.7 Å². The van der Waals surface area contributed by atoms with Gasteiger partial charge in [-0.1, -0.05) is 30.3 Å². The molecule has 1 aliphatic rings. The number of aryl methyl sites for hydroxylation is 2. The van der Waals surface area contributed by atoms with Crippen LogP contribution in [-0.4, -0.2) is 24.3 Å². The fourth-order valence-electron chi connectivity index (χ4n) is 3.21. The summed E-state index contributed by atoms with van der Waals surface area (Å²) in [4.78, 5) is 35.8. The van der Waals surface area contributed by atoms with Crippen molar-refractivity contribution in [2.45, 2.75) is 38.6 Å². The minimum absolute atomic E-state index is 0.0138. The van der Waals surface area contributed by atoms with Crippen molar-refractivity contribution < 1.29 is 23.5 Å². The monoisotopic (exact) mass is 383 g/mol. The quantitative estimate of drug-likeness (QED) is 0.562. The molecule has 146 valence electrons. The lowest BCUT2D eigenvalue weighted by molar-refractivity contribution is -0.148. The predicted molar refractivity (Wildman–Crippen MR) is 101 cm³/mol. The van der Waals surface area contributed by atoms with E-state index in [4.69, 9.17) is 4.74 Å². The molecule has 1 amide bonds. The Hall–Kier alpha value is -3.02. The molecule has 1 N–H and O–H groups in total. The topological polar surface area (TPSA) is 72.5 Å². The lowest BCUT2D eigenvalue weighted by atomic mass is 10.0. The maximum atomic E-state index is 13.5. The van der Waals surface area contributed by atoms with Gasteiger partial charge in [0.25, 0.3) is 5.91 Å². The number of ketones is 1. The van der Waals surface area contributed by atoms with Crippen molar-refractivity contribution in [3.05, 3.63) is 70.5 Å². The van der Waals surface area contributed by atoms with E-state index in [2.05, 4.69) is 5.32 Å². The van der Waals surface area contributed by atoms with Crippen LogP contribution in [0.4, 0.5) is 4.39 Å². The summed E-state index contributed by atoms with van der Waals surface area (Å²) in [7, 11) is 0. The van der Waals surface area contributed by atoms with Crippen LogP contribution in [0.3, 0.4) is 0 Å². The van der Waals surface area contributed by atoms with Crippen LogP contribution < -0.4 is 5.32 Å². The first-order valence-corrected chi connectivity index (χ1v) is 9.33. The van der Waals surface area contributed by atoms with E-state index in [0.29, 0.717) is 11.1 Å². The van der Waals surface area contributed by atoms with Crippen LogP contribution in [0.15, 0.2) is 42.5 Å². The maximum absolute atomic E-state index is 13.5. The molecular weight excluding hydrogens is 361 g/mol. The van der Waals surface area contributed by atoms with Gasteiger partial charge in [0.05, 0.1) is 6.42 Å². The van der Waals surface area contributed by atoms with E-state index < -0.39 is 24.3 Å². The normalized spacial score (nSPS) is 12.3. The fourth-order valence-corrected chi connectivity index (χ4v) is 3.21. The third-order valence-corrected chi connectivity index (χ3v) is 4.77. The molecule has 0 aliphatic heterocycles. The molecule has 0 aromatic heterocycles. The summed E-state index contributed by atoms with van der Waals surface area (Å²) >= 11 is 0. The molecular formula is C22H22FNO4. The smallest absolute Gasteiger partial charge is 0.306 e. The number of ether oxygens (including phenoxy) is 1. The van der Waals surface area contributed by atoms with Gasteiger partial charge in [-0.2, -0.15) is 0 Å². The number of benzene rings is 2. The van der Waals surface area contributed by atoms with Crippen molar-refractivity contribution in [2.24, 2.45) is 0 Å². The van der Waals surface area contributed by atoms with Crippen molar-refractivity contribution in [1.29, 1.82) is 0 Å². The fraction of sp³-hybridized carbons (Fsp3) is 0.318. The number of nitrogens with one attached hydrogen (secondary N) is 1. The Morgan fingerprint density at radius 1 is 1.00 bits per heavy atom. The zero-order valence-corrected chi connectivity index (χ0v) is 15.5. The molecule has 1 aliphatic carbocycles. The number of rotatable bonds is 8. The van der Waals surface area contributed by atoms with Gasteiger partial charge in [0.2, 0.25) is 0 Å². The second-order valence-corrected chi connectivity index (χ2v) is 6.79. The molecule has 0 spiro atoms. The van der Waals surface area contributed by atoms with Crippen LogP contribution in [0.2, 0.25) is 0 Å². The van der Waals surface area contributed by atoms with Gasteiger partial charge in [-0.05, 0) is 42.5 Å². The lowest BCUT2D eigenvalue weighted by Crippen LogP contribution is -2.28. The molecule has 0 atom stereocenters. The minimum Gasteiger partial charge on any atom is -0.456 e. The van der Waals surface area contributed by atoms with Gasteiger partial charge in [-0.15, -0.1) is 0 Å². The zero-order chi connectivity index (χ0) is 19.9. The van der Waals surface area contributed by atoms with Gasteiger partial charge < -0.3 is 10.1 Å². The molecule has 3 rings (SSSR count). The number of carbonyl (C=O) groups is 3. The Bertz CT molecular complexity index is 894. The van der Waals surface area contributed by atoms with Crippen LogP contribution in [0, 0.1) is 5.82 Å². The molecule has 0 bridgehead atoms. The number of carbonyl (C=O) groups excluding carboxylic acids is 3. The second-order valence-electron chi connectivity index (χ2n) is 6.79. The molecule has 6 heteroatoms. The molecule has 5 nitrogen and oxygen atoms in total. The number of amides is 1. The highest BCUT2D eigenvalue weighted by Gasteiger charge is 2.16. The van der Waals surface area contributed by atoms with E-state index in [9.17, 15) is 18.8 Å². The minimum atomic E-state index is -0.615. The third-order valence-electron chi connectivity index (χ3n) is 4.77. The summed E-state index contributed by atoms with van der Waals surface area (Å²) in [5.41, 5.74) is 3.45. The molecule has 0 heterocycles. The summed E-state index contributed by atoms with van der Waals surface area (Å²) in [6, 6.07) is 11.8. The van der Waals surface area contributed by atoms with E-state index in [1.807, 2.05) is 12.1 Å². The molecule has 0 radical (unpaired) electrons. The average molecular weight is 383 g/mol. The van der Waals surface area contributed by atoms with Crippen LogP contribution in [0.5, 0.6) is 0 Å². The molecule has 0 saturated heterocycles. The van der Waals surface area contributed by atoms with Gasteiger partial charge in [0, 0.05) is 24.1 Å². The first-order chi connectivity index (χ1) is 13.5. The van der Waals surface area contributed by atoms with Crippen molar-refractivity contribution in [1.82, 2.24) is 5.32 Å². The first-order valence-electron chi connectivity index (χ1n) is 9.33. The van der Waals surface area contributed by atoms with E-state index in [1.165, 1.54) is 17.2 Å². The Morgan fingerprint density at radius 3 is 2.61 bits per heavy atom. The summed E-state index contributed by atoms with van der Waals surface area (Å²) in [6.45, 7) is -0.444. The van der Waals surface area contributed by atoms with E-state index in [0.717, 1.165) is 19.3 Å². The summed E-state index contributed by atoms with van der Waals surface area (Å²) in [5.74, 6) is -1.67. The van der Waals surface area contributed by atoms with Gasteiger partial charge >= 0.3 is 5.97 Å². The summed E-state index contributed by atoms with van der Waals surface area (Å²) in [6.07, 6.45) is 3.10. The van der Waals surface area contributed by atoms with Gasteiger partial charge in [0.15, 0.2) is 12.4 Å².